The van der Waals surface area contributed by atoms with Gasteiger partial charge in [0.2, 0.25) is 34.8 Å². The molecule has 0 spiro atoms. The number of ether oxygens (including phenoxy) is 2. The van der Waals surface area contributed by atoms with Gasteiger partial charge in [-0.3, -0.25) is 0 Å². The van der Waals surface area contributed by atoms with Crippen molar-refractivity contribution in [2.24, 2.45) is 0 Å². The Morgan fingerprint density at radius 1 is 0.741 bits per heavy atom. The molecule has 2 aromatic carbocycles. The third-order valence-corrected chi connectivity index (χ3v) is 4.51. The van der Waals surface area contributed by atoms with E-state index in [1.807, 2.05) is 0 Å². The Bertz CT molecular complexity index is 816. The lowest BCUT2D eigenvalue weighted by atomic mass is 9.84. The van der Waals surface area contributed by atoms with Crippen LogP contribution in [0.1, 0.15) is 43.6 Å². The van der Waals surface area contributed by atoms with Gasteiger partial charge >= 0.3 is 6.16 Å². The van der Waals surface area contributed by atoms with Gasteiger partial charge in [-0.2, -0.15) is 8.78 Å². The fourth-order valence-electron chi connectivity index (χ4n) is 3.12. The Balaban J connectivity index is 1.69. The molecule has 1 fully saturated rings. The summed E-state index contributed by atoms with van der Waals surface area (Å²) in [6.07, 6.45) is 4.03. The Morgan fingerprint density at radius 3 is 1.81 bits per heavy atom. The minimum Gasteiger partial charge on any atom is -0.395 e. The maximum absolute atomic E-state index is 13.5. The number of carbonyl (C=O) groups is 1. The molecule has 0 heterocycles. The Morgan fingerprint density at radius 2 is 1.26 bits per heavy atom. The lowest BCUT2D eigenvalue weighted by molar-refractivity contribution is 0.146. The van der Waals surface area contributed by atoms with Crippen LogP contribution in [0.3, 0.4) is 0 Å². The molecule has 27 heavy (non-hydrogen) atoms. The van der Waals surface area contributed by atoms with Crippen molar-refractivity contribution < 1.29 is 36.2 Å². The molecule has 144 valence electrons. The van der Waals surface area contributed by atoms with E-state index in [-0.39, 0.29) is 5.75 Å². The third-order valence-electron chi connectivity index (χ3n) is 4.51. The molecule has 1 aliphatic carbocycles. The van der Waals surface area contributed by atoms with E-state index in [0.29, 0.717) is 5.92 Å². The highest BCUT2D eigenvalue weighted by molar-refractivity contribution is 5.67. The van der Waals surface area contributed by atoms with E-state index in [2.05, 4.69) is 4.74 Å². The van der Waals surface area contributed by atoms with Gasteiger partial charge in [0, 0.05) is 0 Å². The zero-order valence-corrected chi connectivity index (χ0v) is 14.0. The van der Waals surface area contributed by atoms with E-state index in [4.69, 9.17) is 4.74 Å². The first-order valence-electron chi connectivity index (χ1n) is 8.39. The van der Waals surface area contributed by atoms with Crippen molar-refractivity contribution in [3.63, 3.8) is 0 Å². The summed E-state index contributed by atoms with van der Waals surface area (Å²) in [5.74, 6) is -12.6. The van der Waals surface area contributed by atoms with Crippen molar-refractivity contribution in [2.45, 2.75) is 38.0 Å². The lowest BCUT2D eigenvalue weighted by Gasteiger charge is -2.21. The average Bonchev–Trinajstić information content (AvgIpc) is 2.69. The van der Waals surface area contributed by atoms with Crippen LogP contribution >= 0.6 is 0 Å². The van der Waals surface area contributed by atoms with E-state index in [1.54, 1.807) is 12.1 Å². The van der Waals surface area contributed by atoms with Crippen LogP contribution in [0.4, 0.5) is 26.7 Å². The molecule has 1 aliphatic rings. The summed E-state index contributed by atoms with van der Waals surface area (Å²) in [4.78, 5) is 11.7. The first kappa shape index (κ1) is 19.1. The number of benzene rings is 2. The minimum atomic E-state index is -2.34. The maximum Gasteiger partial charge on any atom is 0.519 e. The summed E-state index contributed by atoms with van der Waals surface area (Å²) in [6, 6.07) is 6.47. The van der Waals surface area contributed by atoms with Crippen LogP contribution in [0, 0.1) is 29.1 Å². The summed E-state index contributed by atoms with van der Waals surface area (Å²) in [5.41, 5.74) is 1.08. The van der Waals surface area contributed by atoms with Gasteiger partial charge in [0.1, 0.15) is 5.75 Å². The van der Waals surface area contributed by atoms with Gasteiger partial charge in [0.25, 0.3) is 0 Å². The molecule has 0 bridgehead atoms. The molecule has 0 aliphatic heterocycles. The van der Waals surface area contributed by atoms with Gasteiger partial charge in [0.15, 0.2) is 0 Å². The van der Waals surface area contributed by atoms with E-state index in [0.717, 1.165) is 31.2 Å². The highest BCUT2D eigenvalue weighted by Crippen LogP contribution is 2.33. The molecule has 0 radical (unpaired) electrons. The Labute approximate surface area is 151 Å². The highest BCUT2D eigenvalue weighted by atomic mass is 19.2. The molecular weight excluding hydrogens is 371 g/mol. The molecule has 0 atom stereocenters. The van der Waals surface area contributed by atoms with Crippen LogP contribution in [-0.2, 0) is 0 Å². The van der Waals surface area contributed by atoms with Gasteiger partial charge < -0.3 is 9.47 Å². The van der Waals surface area contributed by atoms with Crippen LogP contribution in [0.25, 0.3) is 0 Å². The second-order valence-corrected chi connectivity index (χ2v) is 6.26. The van der Waals surface area contributed by atoms with Gasteiger partial charge in [0.05, 0.1) is 0 Å². The molecule has 0 saturated heterocycles. The number of rotatable bonds is 3. The predicted molar refractivity (Wildman–Crippen MR) is 85.2 cm³/mol. The number of carbonyl (C=O) groups excluding carboxylic acids is 1. The predicted octanol–water partition coefficient (Wildman–Crippen LogP) is 6.01. The van der Waals surface area contributed by atoms with E-state index in [9.17, 15) is 26.7 Å². The molecular formula is C19H15F5O3. The Hall–Kier alpha value is -2.64. The molecule has 0 aromatic heterocycles. The monoisotopic (exact) mass is 386 g/mol. The first-order valence-corrected chi connectivity index (χ1v) is 8.39. The second-order valence-electron chi connectivity index (χ2n) is 6.26. The van der Waals surface area contributed by atoms with Crippen molar-refractivity contribution in [1.29, 1.82) is 0 Å². The van der Waals surface area contributed by atoms with Crippen molar-refractivity contribution in [2.75, 3.05) is 0 Å². The smallest absolute Gasteiger partial charge is 0.395 e. The summed E-state index contributed by atoms with van der Waals surface area (Å²) in [5, 5.41) is 0. The highest BCUT2D eigenvalue weighted by Gasteiger charge is 2.29. The average molecular weight is 386 g/mol. The largest absolute Gasteiger partial charge is 0.519 e. The van der Waals surface area contributed by atoms with E-state index < -0.39 is 41.0 Å². The van der Waals surface area contributed by atoms with Crippen molar-refractivity contribution in [3.05, 3.63) is 58.9 Å². The second kappa shape index (κ2) is 7.94. The number of hydrogen-bond donors (Lipinski definition) is 0. The molecule has 0 N–H and O–H groups in total. The summed E-state index contributed by atoms with van der Waals surface area (Å²) in [6.45, 7) is 0. The lowest BCUT2D eigenvalue weighted by Crippen LogP contribution is -2.17. The van der Waals surface area contributed by atoms with Crippen LogP contribution in [0.15, 0.2) is 24.3 Å². The Kier molecular flexibility index (Phi) is 5.62. The molecule has 8 heteroatoms. The third kappa shape index (κ3) is 4.04. The quantitative estimate of drug-likeness (QED) is 0.213. The molecule has 3 rings (SSSR count). The first-order chi connectivity index (χ1) is 12.9. The summed E-state index contributed by atoms with van der Waals surface area (Å²) < 4.78 is 75.1. The summed E-state index contributed by atoms with van der Waals surface area (Å²) >= 11 is 0. The van der Waals surface area contributed by atoms with Crippen LogP contribution in [-0.4, -0.2) is 6.16 Å². The topological polar surface area (TPSA) is 35.5 Å². The fourth-order valence-corrected chi connectivity index (χ4v) is 3.12. The van der Waals surface area contributed by atoms with Crippen LogP contribution < -0.4 is 9.47 Å². The van der Waals surface area contributed by atoms with Crippen LogP contribution in [0.5, 0.6) is 11.5 Å². The van der Waals surface area contributed by atoms with Crippen LogP contribution in [0.2, 0.25) is 0 Å². The van der Waals surface area contributed by atoms with Crippen molar-refractivity contribution in [3.8, 4) is 11.5 Å². The molecule has 0 amide bonds. The standard InChI is InChI=1S/C19H15F5O3/c20-13-14(21)16(23)18(17(24)15(13)22)27-19(25)26-12-8-6-11(7-9-12)10-4-2-1-3-5-10/h6-10H,1-5H2. The maximum atomic E-state index is 13.5. The van der Waals surface area contributed by atoms with Crippen molar-refractivity contribution in [1.82, 2.24) is 0 Å². The minimum absolute atomic E-state index is 0.0171. The van der Waals surface area contributed by atoms with Gasteiger partial charge in [-0.1, -0.05) is 31.4 Å². The fraction of sp³-hybridized carbons (Fsp3) is 0.316. The number of halogens is 5. The molecule has 0 unspecified atom stereocenters. The number of hydrogen-bond acceptors (Lipinski definition) is 3. The van der Waals surface area contributed by atoms with E-state index >= 15 is 0 Å². The van der Waals surface area contributed by atoms with Gasteiger partial charge in [-0.05, 0) is 36.5 Å². The van der Waals surface area contributed by atoms with Crippen molar-refractivity contribution >= 4 is 6.16 Å². The zero-order valence-electron chi connectivity index (χ0n) is 14.0. The summed E-state index contributed by atoms with van der Waals surface area (Å²) in [7, 11) is 0. The molecule has 1 saturated carbocycles. The normalized spacial score (nSPS) is 14.9. The van der Waals surface area contributed by atoms with Gasteiger partial charge in [-0.15, -0.1) is 0 Å². The SMILES string of the molecule is O=C(Oc1ccc(C2CCCCC2)cc1)Oc1c(F)c(F)c(F)c(F)c1F. The van der Waals surface area contributed by atoms with Gasteiger partial charge in [-0.25, -0.2) is 18.0 Å². The molecule has 3 nitrogen and oxygen atoms in total. The molecule has 2 aromatic rings. The zero-order chi connectivity index (χ0) is 19.6. The van der Waals surface area contributed by atoms with E-state index in [1.165, 1.54) is 18.6 Å².